The lowest BCUT2D eigenvalue weighted by Crippen LogP contribution is -2.13. The van der Waals surface area contributed by atoms with Crippen LogP contribution < -0.4 is 9.46 Å². The van der Waals surface area contributed by atoms with Crippen molar-refractivity contribution in [2.45, 2.75) is 24.8 Å². The molecule has 0 unspecified atom stereocenters. The molecular weight excluding hydrogens is 384 g/mol. The Labute approximate surface area is 153 Å². The van der Waals surface area contributed by atoms with Crippen LogP contribution in [0.5, 0.6) is 5.75 Å². The van der Waals surface area contributed by atoms with Crippen LogP contribution in [0.25, 0.3) is 0 Å². The zero-order valence-electron chi connectivity index (χ0n) is 13.9. The molecular formula is C16H15F2N3O3S2. The summed E-state index contributed by atoms with van der Waals surface area (Å²) < 4.78 is 60.7. The lowest BCUT2D eigenvalue weighted by atomic mass is 10.3. The summed E-state index contributed by atoms with van der Waals surface area (Å²) in [7, 11) is -3.71. The van der Waals surface area contributed by atoms with E-state index in [4.69, 9.17) is 4.74 Å². The average molecular weight is 399 g/mol. The van der Waals surface area contributed by atoms with Crippen molar-refractivity contribution in [3.8, 4) is 5.75 Å². The van der Waals surface area contributed by atoms with Gasteiger partial charge in [-0.3, -0.25) is 4.72 Å². The summed E-state index contributed by atoms with van der Waals surface area (Å²) in [5.74, 6) is -1.66. The molecule has 26 heavy (non-hydrogen) atoms. The predicted molar refractivity (Wildman–Crippen MR) is 93.8 cm³/mol. The first-order chi connectivity index (χ1) is 12.3. The van der Waals surface area contributed by atoms with E-state index in [1.165, 1.54) is 16.8 Å². The number of hydrogen-bond donors (Lipinski definition) is 1. The molecule has 10 heteroatoms. The molecule has 0 bridgehead atoms. The van der Waals surface area contributed by atoms with Gasteiger partial charge in [-0.25, -0.2) is 21.9 Å². The Balaban J connectivity index is 1.80. The fourth-order valence-electron chi connectivity index (χ4n) is 2.29. The highest BCUT2D eigenvalue weighted by molar-refractivity contribution is 7.94. The fraction of sp³-hybridized carbons (Fsp3) is 0.188. The number of anilines is 1. The minimum Gasteiger partial charge on any atom is -0.468 e. The van der Waals surface area contributed by atoms with Gasteiger partial charge in [0.2, 0.25) is 0 Å². The first kappa shape index (κ1) is 18.3. The Morgan fingerprint density at radius 2 is 2.04 bits per heavy atom. The third kappa shape index (κ3) is 3.70. The molecule has 0 saturated carbocycles. The molecule has 0 fully saturated rings. The van der Waals surface area contributed by atoms with E-state index >= 15 is 0 Å². The van der Waals surface area contributed by atoms with Gasteiger partial charge in [-0.15, -0.1) is 11.3 Å². The first-order valence-electron chi connectivity index (χ1n) is 7.46. The number of sulfonamides is 1. The third-order valence-corrected chi connectivity index (χ3v) is 6.36. The van der Waals surface area contributed by atoms with Gasteiger partial charge in [0, 0.05) is 6.07 Å². The number of nitrogens with zero attached hydrogens (tertiary/aromatic N) is 2. The highest BCUT2D eigenvalue weighted by Crippen LogP contribution is 2.26. The molecule has 0 aliphatic rings. The van der Waals surface area contributed by atoms with Gasteiger partial charge >= 0.3 is 0 Å². The molecule has 138 valence electrons. The first-order valence-corrected chi connectivity index (χ1v) is 9.82. The summed E-state index contributed by atoms with van der Waals surface area (Å²) in [6.45, 7) is 3.15. The molecule has 0 aliphatic carbocycles. The molecule has 6 nitrogen and oxygen atoms in total. The maximum absolute atomic E-state index is 13.6. The standard InChI is InChI=1S/C16H15F2N3O3S2/c1-10-16(20-26(22,23)15-4-3-7-25-15)11(2)21(19-10)9-24-14-6-5-12(17)8-13(14)18/h3-8,20H,9H2,1-2H3. The van der Waals surface area contributed by atoms with Crippen LogP contribution in [0.3, 0.4) is 0 Å². The van der Waals surface area contributed by atoms with Crippen molar-refractivity contribution in [2.75, 3.05) is 4.72 Å². The van der Waals surface area contributed by atoms with Crippen LogP contribution in [0.4, 0.5) is 14.5 Å². The van der Waals surface area contributed by atoms with Crippen molar-refractivity contribution in [2.24, 2.45) is 0 Å². The van der Waals surface area contributed by atoms with Crippen molar-refractivity contribution >= 4 is 27.0 Å². The van der Waals surface area contributed by atoms with Crippen LogP contribution in [-0.4, -0.2) is 18.2 Å². The van der Waals surface area contributed by atoms with Gasteiger partial charge < -0.3 is 4.74 Å². The second kappa shape index (κ2) is 7.04. The average Bonchev–Trinajstić information content (AvgIpc) is 3.19. The van der Waals surface area contributed by atoms with Crippen molar-refractivity contribution in [1.29, 1.82) is 0 Å². The number of benzene rings is 1. The number of aryl methyl sites for hydroxylation is 1. The number of halogens is 2. The van der Waals surface area contributed by atoms with Gasteiger partial charge in [0.15, 0.2) is 18.3 Å². The van der Waals surface area contributed by atoms with Gasteiger partial charge in [-0.05, 0) is 37.4 Å². The van der Waals surface area contributed by atoms with Crippen LogP contribution >= 0.6 is 11.3 Å². The van der Waals surface area contributed by atoms with E-state index < -0.39 is 21.7 Å². The zero-order chi connectivity index (χ0) is 18.9. The Hall–Kier alpha value is -2.46. The van der Waals surface area contributed by atoms with Gasteiger partial charge in [0.25, 0.3) is 10.0 Å². The summed E-state index contributed by atoms with van der Waals surface area (Å²) in [6, 6.07) is 6.13. The smallest absolute Gasteiger partial charge is 0.271 e. The maximum Gasteiger partial charge on any atom is 0.271 e. The lowest BCUT2D eigenvalue weighted by Gasteiger charge is -2.10. The molecule has 3 aromatic rings. The molecule has 2 aromatic heterocycles. The zero-order valence-corrected chi connectivity index (χ0v) is 15.5. The monoisotopic (exact) mass is 399 g/mol. The molecule has 0 saturated heterocycles. The molecule has 0 aliphatic heterocycles. The van der Waals surface area contributed by atoms with E-state index in [0.717, 1.165) is 23.5 Å². The fourth-order valence-corrected chi connectivity index (χ4v) is 4.46. The van der Waals surface area contributed by atoms with Gasteiger partial charge in [-0.2, -0.15) is 5.10 Å². The summed E-state index contributed by atoms with van der Waals surface area (Å²) in [4.78, 5) is 0. The largest absolute Gasteiger partial charge is 0.468 e. The van der Waals surface area contributed by atoms with Crippen LogP contribution in [0, 0.1) is 25.5 Å². The minimum absolute atomic E-state index is 0.125. The van der Waals surface area contributed by atoms with Gasteiger partial charge in [-0.1, -0.05) is 6.07 Å². The van der Waals surface area contributed by atoms with Gasteiger partial charge in [0.05, 0.1) is 17.1 Å². The number of aromatic nitrogens is 2. The Kier molecular flexibility index (Phi) is 4.97. The number of hydrogen-bond acceptors (Lipinski definition) is 5. The molecule has 1 N–H and O–H groups in total. The minimum atomic E-state index is -3.71. The highest BCUT2D eigenvalue weighted by Gasteiger charge is 2.21. The summed E-state index contributed by atoms with van der Waals surface area (Å²) >= 11 is 1.10. The van der Waals surface area contributed by atoms with E-state index in [9.17, 15) is 17.2 Å². The van der Waals surface area contributed by atoms with Crippen molar-refractivity contribution in [3.63, 3.8) is 0 Å². The normalized spacial score (nSPS) is 11.5. The highest BCUT2D eigenvalue weighted by atomic mass is 32.2. The van der Waals surface area contributed by atoms with E-state index in [-0.39, 0.29) is 16.7 Å². The lowest BCUT2D eigenvalue weighted by molar-refractivity contribution is 0.208. The second-order valence-corrected chi connectivity index (χ2v) is 8.29. The van der Waals surface area contributed by atoms with Crippen molar-refractivity contribution in [3.05, 3.63) is 58.7 Å². The quantitative estimate of drug-likeness (QED) is 0.686. The Morgan fingerprint density at radius 1 is 1.27 bits per heavy atom. The number of nitrogens with one attached hydrogen (secondary N) is 1. The molecule has 0 radical (unpaired) electrons. The molecule has 3 rings (SSSR count). The van der Waals surface area contributed by atoms with Crippen molar-refractivity contribution < 1.29 is 21.9 Å². The van der Waals surface area contributed by atoms with E-state index in [1.54, 1.807) is 25.3 Å². The molecule has 1 aromatic carbocycles. The number of rotatable bonds is 6. The van der Waals surface area contributed by atoms with E-state index in [0.29, 0.717) is 17.1 Å². The van der Waals surface area contributed by atoms with Crippen LogP contribution in [0.1, 0.15) is 11.4 Å². The van der Waals surface area contributed by atoms with Crippen LogP contribution in [0.15, 0.2) is 39.9 Å². The van der Waals surface area contributed by atoms with E-state index in [2.05, 4.69) is 9.82 Å². The van der Waals surface area contributed by atoms with Crippen molar-refractivity contribution in [1.82, 2.24) is 9.78 Å². The van der Waals surface area contributed by atoms with E-state index in [1.807, 2.05) is 0 Å². The molecule has 0 spiro atoms. The topological polar surface area (TPSA) is 73.2 Å². The summed E-state index contributed by atoms with van der Waals surface area (Å²) in [6.07, 6.45) is 0. The summed E-state index contributed by atoms with van der Waals surface area (Å²) in [5, 5.41) is 5.88. The number of thiophene rings is 1. The molecule has 2 heterocycles. The summed E-state index contributed by atoms with van der Waals surface area (Å²) in [5.41, 5.74) is 1.29. The Bertz CT molecular complexity index is 1030. The third-order valence-electron chi connectivity index (χ3n) is 3.61. The predicted octanol–water partition coefficient (Wildman–Crippen LogP) is 3.68. The second-order valence-electron chi connectivity index (χ2n) is 5.43. The van der Waals surface area contributed by atoms with Gasteiger partial charge in [0.1, 0.15) is 10.0 Å². The molecule has 0 atom stereocenters. The number of ether oxygens (including phenoxy) is 1. The van der Waals surface area contributed by atoms with Crippen LogP contribution in [-0.2, 0) is 16.8 Å². The molecule has 0 amide bonds. The SMILES string of the molecule is Cc1nn(COc2ccc(F)cc2F)c(C)c1NS(=O)(=O)c1cccs1. The maximum atomic E-state index is 13.6. The van der Waals surface area contributed by atoms with Crippen LogP contribution in [0.2, 0.25) is 0 Å². The Morgan fingerprint density at radius 3 is 2.69 bits per heavy atom.